The lowest BCUT2D eigenvalue weighted by atomic mass is 10.2. The van der Waals surface area contributed by atoms with Crippen LogP contribution in [0.15, 0.2) is 12.1 Å². The highest BCUT2D eigenvalue weighted by Crippen LogP contribution is 2.32. The summed E-state index contributed by atoms with van der Waals surface area (Å²) in [5.41, 5.74) is -0.0920. The van der Waals surface area contributed by atoms with E-state index in [0.717, 1.165) is 6.07 Å². The third-order valence-corrected chi connectivity index (χ3v) is 3.80. The van der Waals surface area contributed by atoms with Gasteiger partial charge in [-0.2, -0.15) is 0 Å². The van der Waals surface area contributed by atoms with E-state index >= 15 is 0 Å². The molecule has 134 valence electrons. The summed E-state index contributed by atoms with van der Waals surface area (Å²) in [6.45, 7) is 7.78. The monoisotopic (exact) mass is 361 g/mol. The van der Waals surface area contributed by atoms with Crippen LogP contribution >= 0.6 is 11.6 Å². The van der Waals surface area contributed by atoms with E-state index in [1.54, 1.807) is 13.8 Å². The predicted molar refractivity (Wildman–Crippen MR) is 87.0 cm³/mol. The van der Waals surface area contributed by atoms with Gasteiger partial charge in [0.15, 0.2) is 6.10 Å². The standard InChI is InChI=1S/C16H21ClFNO5/c1-9(2)23-14-8-13(12(18)7-11(14)17)19-15(20)24-10(3)16(4)21-5-6-22-16/h7-10H,5-6H2,1-4H3,(H,19,20). The second-order valence-electron chi connectivity index (χ2n) is 5.81. The Morgan fingerprint density at radius 3 is 2.54 bits per heavy atom. The fourth-order valence-corrected chi connectivity index (χ4v) is 2.34. The Labute approximate surface area is 145 Å². The first-order valence-corrected chi connectivity index (χ1v) is 8.00. The number of ether oxygens (including phenoxy) is 4. The van der Waals surface area contributed by atoms with Crippen molar-refractivity contribution in [2.24, 2.45) is 0 Å². The zero-order valence-corrected chi connectivity index (χ0v) is 14.8. The van der Waals surface area contributed by atoms with E-state index in [4.69, 9.17) is 30.5 Å². The Kier molecular flexibility index (Phi) is 5.90. The van der Waals surface area contributed by atoms with E-state index in [0.29, 0.717) is 13.2 Å². The summed E-state index contributed by atoms with van der Waals surface area (Å²) >= 11 is 5.93. The number of benzene rings is 1. The van der Waals surface area contributed by atoms with Gasteiger partial charge in [-0.05, 0) is 33.8 Å². The largest absolute Gasteiger partial charge is 0.489 e. The van der Waals surface area contributed by atoms with Gasteiger partial charge in [-0.1, -0.05) is 11.6 Å². The van der Waals surface area contributed by atoms with Gasteiger partial charge in [0, 0.05) is 6.07 Å². The van der Waals surface area contributed by atoms with Crippen LogP contribution in [0.1, 0.15) is 27.7 Å². The van der Waals surface area contributed by atoms with Gasteiger partial charge in [-0.25, -0.2) is 9.18 Å². The number of carbonyl (C=O) groups excluding carboxylic acids is 1. The van der Waals surface area contributed by atoms with E-state index in [9.17, 15) is 9.18 Å². The highest BCUT2D eigenvalue weighted by molar-refractivity contribution is 6.32. The molecule has 0 radical (unpaired) electrons. The Bertz CT molecular complexity index is 604. The highest BCUT2D eigenvalue weighted by Gasteiger charge is 2.39. The number of nitrogens with one attached hydrogen (secondary N) is 1. The van der Waals surface area contributed by atoms with Crippen molar-refractivity contribution in [3.8, 4) is 5.75 Å². The Morgan fingerprint density at radius 1 is 1.33 bits per heavy atom. The molecule has 0 saturated carbocycles. The maximum absolute atomic E-state index is 14.0. The minimum absolute atomic E-state index is 0.0920. The number of halogens is 2. The maximum atomic E-state index is 14.0. The first kappa shape index (κ1) is 18.8. The molecule has 1 fully saturated rings. The van der Waals surface area contributed by atoms with Crippen LogP contribution in [-0.2, 0) is 14.2 Å². The average Bonchev–Trinajstić information content (AvgIpc) is 2.92. The van der Waals surface area contributed by atoms with Crippen LogP contribution in [-0.4, -0.2) is 37.3 Å². The Hall–Kier alpha value is -1.57. The summed E-state index contributed by atoms with van der Waals surface area (Å²) < 4.78 is 35.5. The summed E-state index contributed by atoms with van der Waals surface area (Å²) in [7, 11) is 0. The van der Waals surface area contributed by atoms with Gasteiger partial charge in [0.05, 0.1) is 30.0 Å². The third kappa shape index (κ3) is 4.49. The fourth-order valence-electron chi connectivity index (χ4n) is 2.14. The summed E-state index contributed by atoms with van der Waals surface area (Å²) in [4.78, 5) is 12.0. The van der Waals surface area contributed by atoms with Crippen molar-refractivity contribution < 1.29 is 28.1 Å². The number of hydrogen-bond acceptors (Lipinski definition) is 5. The van der Waals surface area contributed by atoms with E-state index in [1.807, 2.05) is 13.8 Å². The lowest BCUT2D eigenvalue weighted by molar-refractivity contribution is -0.200. The minimum atomic E-state index is -1.01. The van der Waals surface area contributed by atoms with E-state index in [-0.39, 0.29) is 22.6 Å². The van der Waals surface area contributed by atoms with Gasteiger partial charge < -0.3 is 18.9 Å². The molecule has 0 aliphatic carbocycles. The average molecular weight is 362 g/mol. The van der Waals surface area contributed by atoms with Crippen LogP contribution in [0, 0.1) is 5.82 Å². The third-order valence-electron chi connectivity index (χ3n) is 3.50. The second kappa shape index (κ2) is 7.55. The van der Waals surface area contributed by atoms with Gasteiger partial charge in [0.25, 0.3) is 0 Å². The van der Waals surface area contributed by atoms with E-state index < -0.39 is 23.8 Å². The molecular formula is C16H21ClFNO5. The normalized spacial score (nSPS) is 17.6. The molecule has 1 aliphatic heterocycles. The quantitative estimate of drug-likeness (QED) is 0.859. The molecule has 1 heterocycles. The van der Waals surface area contributed by atoms with E-state index in [2.05, 4.69) is 5.32 Å². The van der Waals surface area contributed by atoms with Crippen molar-refractivity contribution in [3.05, 3.63) is 23.0 Å². The lowest BCUT2D eigenvalue weighted by Gasteiger charge is -2.28. The number of amides is 1. The van der Waals surface area contributed by atoms with Gasteiger partial charge in [-0.15, -0.1) is 0 Å². The van der Waals surface area contributed by atoms with Crippen LogP contribution in [0.3, 0.4) is 0 Å². The molecule has 1 N–H and O–H groups in total. The van der Waals surface area contributed by atoms with Crippen LogP contribution in [0.4, 0.5) is 14.9 Å². The first-order valence-electron chi connectivity index (χ1n) is 7.62. The Morgan fingerprint density at radius 2 is 1.96 bits per heavy atom. The van der Waals surface area contributed by atoms with Gasteiger partial charge in [-0.3, -0.25) is 5.32 Å². The molecule has 1 atom stereocenters. The van der Waals surface area contributed by atoms with Crippen molar-refractivity contribution in [1.29, 1.82) is 0 Å². The van der Waals surface area contributed by atoms with Crippen molar-refractivity contribution in [1.82, 2.24) is 0 Å². The Balaban J connectivity index is 2.05. The van der Waals surface area contributed by atoms with Crippen LogP contribution in [0.2, 0.25) is 5.02 Å². The van der Waals surface area contributed by atoms with Crippen molar-refractivity contribution in [2.75, 3.05) is 18.5 Å². The number of hydrogen-bond donors (Lipinski definition) is 1. The molecule has 0 spiro atoms. The summed E-state index contributed by atoms with van der Waals surface area (Å²) in [5, 5.41) is 2.46. The van der Waals surface area contributed by atoms with Crippen LogP contribution in [0.25, 0.3) is 0 Å². The molecule has 1 aromatic carbocycles. The zero-order chi connectivity index (χ0) is 17.9. The topological polar surface area (TPSA) is 66.0 Å². The number of anilines is 1. The highest BCUT2D eigenvalue weighted by atomic mass is 35.5. The minimum Gasteiger partial charge on any atom is -0.489 e. The van der Waals surface area contributed by atoms with Crippen molar-refractivity contribution in [3.63, 3.8) is 0 Å². The first-order chi connectivity index (χ1) is 11.2. The molecule has 2 rings (SSSR count). The molecule has 0 aromatic heterocycles. The van der Waals surface area contributed by atoms with Crippen molar-refractivity contribution in [2.45, 2.75) is 45.7 Å². The smallest absolute Gasteiger partial charge is 0.412 e. The van der Waals surface area contributed by atoms with Crippen LogP contribution < -0.4 is 10.1 Å². The molecule has 1 aromatic rings. The fraction of sp³-hybridized carbons (Fsp3) is 0.562. The van der Waals surface area contributed by atoms with E-state index in [1.165, 1.54) is 6.07 Å². The van der Waals surface area contributed by atoms with Gasteiger partial charge in [0.2, 0.25) is 5.79 Å². The molecule has 0 bridgehead atoms. The lowest BCUT2D eigenvalue weighted by Crippen LogP contribution is -2.42. The summed E-state index contributed by atoms with van der Waals surface area (Å²) in [5.74, 6) is -1.44. The summed E-state index contributed by atoms with van der Waals surface area (Å²) in [6.07, 6.45) is -1.66. The summed E-state index contributed by atoms with van der Waals surface area (Å²) in [6, 6.07) is 2.39. The molecule has 8 heteroatoms. The number of rotatable bonds is 5. The number of carbonyl (C=O) groups is 1. The molecule has 24 heavy (non-hydrogen) atoms. The molecule has 6 nitrogen and oxygen atoms in total. The zero-order valence-electron chi connectivity index (χ0n) is 14.0. The maximum Gasteiger partial charge on any atom is 0.412 e. The van der Waals surface area contributed by atoms with Crippen molar-refractivity contribution >= 4 is 23.4 Å². The van der Waals surface area contributed by atoms with Gasteiger partial charge in [0.1, 0.15) is 11.6 Å². The molecular weight excluding hydrogens is 341 g/mol. The second-order valence-corrected chi connectivity index (χ2v) is 6.22. The van der Waals surface area contributed by atoms with Gasteiger partial charge >= 0.3 is 6.09 Å². The molecule has 1 aliphatic rings. The molecule has 1 amide bonds. The predicted octanol–water partition coefficient (Wildman–Crippen LogP) is 3.97. The van der Waals surface area contributed by atoms with Crippen LogP contribution in [0.5, 0.6) is 5.75 Å². The molecule has 1 unspecified atom stereocenters. The molecule has 1 saturated heterocycles. The SMILES string of the molecule is CC(C)Oc1cc(NC(=O)OC(C)C2(C)OCCO2)c(F)cc1Cl.